The van der Waals surface area contributed by atoms with Crippen molar-refractivity contribution in [2.24, 2.45) is 12.0 Å². The maximum atomic E-state index is 5.95. The SMILES string of the molecule is CCNC(=NCCc1cn2ccccc2n1)N1CCOC(c2cnn(C)c2)C1.I. The molecule has 0 saturated carbocycles. The second kappa shape index (κ2) is 10.1. The molecule has 1 atom stereocenters. The summed E-state index contributed by atoms with van der Waals surface area (Å²) >= 11 is 0. The number of imidazole rings is 1. The van der Waals surface area contributed by atoms with Gasteiger partial charge in [0.05, 0.1) is 25.0 Å². The van der Waals surface area contributed by atoms with Crippen LogP contribution in [0.15, 0.2) is 48.0 Å². The smallest absolute Gasteiger partial charge is 0.194 e. The third kappa shape index (κ3) is 5.27. The molecule has 156 valence electrons. The number of halogens is 1. The molecule has 1 aliphatic heterocycles. The molecule has 0 radical (unpaired) electrons. The highest BCUT2D eigenvalue weighted by molar-refractivity contribution is 14.0. The van der Waals surface area contributed by atoms with Gasteiger partial charge in [-0.2, -0.15) is 5.10 Å². The molecular weight excluding hydrogens is 481 g/mol. The minimum atomic E-state index is 0. The van der Waals surface area contributed by atoms with Gasteiger partial charge in [0.1, 0.15) is 11.8 Å². The van der Waals surface area contributed by atoms with Crippen molar-refractivity contribution in [3.8, 4) is 0 Å². The summed E-state index contributed by atoms with van der Waals surface area (Å²) in [5, 5.41) is 7.68. The van der Waals surface area contributed by atoms with Crippen molar-refractivity contribution in [1.82, 2.24) is 29.4 Å². The van der Waals surface area contributed by atoms with Crippen LogP contribution in [0.25, 0.3) is 5.65 Å². The highest BCUT2D eigenvalue weighted by atomic mass is 127. The normalized spacial score (nSPS) is 17.4. The monoisotopic (exact) mass is 509 g/mol. The van der Waals surface area contributed by atoms with E-state index in [1.54, 1.807) is 0 Å². The Morgan fingerprint density at radius 1 is 1.34 bits per heavy atom. The summed E-state index contributed by atoms with van der Waals surface area (Å²) in [6, 6.07) is 6.03. The van der Waals surface area contributed by atoms with Gasteiger partial charge in [-0.25, -0.2) is 4.98 Å². The third-order valence-corrected chi connectivity index (χ3v) is 4.84. The number of morpholine rings is 1. The van der Waals surface area contributed by atoms with E-state index in [1.165, 1.54) is 0 Å². The Kier molecular flexibility index (Phi) is 7.48. The Balaban J connectivity index is 0.00000240. The molecule has 1 N–H and O–H groups in total. The summed E-state index contributed by atoms with van der Waals surface area (Å²) in [7, 11) is 1.93. The summed E-state index contributed by atoms with van der Waals surface area (Å²) in [4.78, 5) is 11.8. The van der Waals surface area contributed by atoms with Crippen molar-refractivity contribution < 1.29 is 4.74 Å². The van der Waals surface area contributed by atoms with Crippen LogP contribution in [0, 0.1) is 0 Å². The second-order valence-electron chi connectivity index (χ2n) is 6.94. The molecule has 3 aromatic rings. The molecule has 0 bridgehead atoms. The topological polar surface area (TPSA) is 72.0 Å². The molecule has 3 aromatic heterocycles. The molecule has 1 saturated heterocycles. The molecular formula is C20H28IN7O. The van der Waals surface area contributed by atoms with Crippen molar-refractivity contribution in [3.05, 3.63) is 54.2 Å². The number of hydrogen-bond donors (Lipinski definition) is 1. The highest BCUT2D eigenvalue weighted by Crippen LogP contribution is 2.21. The Bertz CT molecular complexity index is 918. The van der Waals surface area contributed by atoms with Crippen LogP contribution in [-0.4, -0.2) is 62.8 Å². The molecule has 1 unspecified atom stereocenters. The van der Waals surface area contributed by atoms with Gasteiger partial charge in [-0.1, -0.05) is 6.07 Å². The Hall–Kier alpha value is -2.14. The zero-order valence-electron chi connectivity index (χ0n) is 16.9. The zero-order valence-corrected chi connectivity index (χ0v) is 19.2. The van der Waals surface area contributed by atoms with E-state index < -0.39 is 0 Å². The van der Waals surface area contributed by atoms with E-state index in [0.29, 0.717) is 13.2 Å². The van der Waals surface area contributed by atoms with E-state index in [9.17, 15) is 0 Å². The maximum absolute atomic E-state index is 5.95. The van der Waals surface area contributed by atoms with Crippen LogP contribution in [0.3, 0.4) is 0 Å². The van der Waals surface area contributed by atoms with E-state index in [4.69, 9.17) is 9.73 Å². The fourth-order valence-electron chi connectivity index (χ4n) is 3.46. The fourth-order valence-corrected chi connectivity index (χ4v) is 3.46. The largest absolute Gasteiger partial charge is 0.370 e. The van der Waals surface area contributed by atoms with E-state index in [-0.39, 0.29) is 30.1 Å². The summed E-state index contributed by atoms with van der Waals surface area (Å²) in [6.45, 7) is 5.90. The first-order valence-electron chi connectivity index (χ1n) is 9.79. The molecule has 0 aromatic carbocycles. The lowest BCUT2D eigenvalue weighted by Gasteiger charge is -2.34. The van der Waals surface area contributed by atoms with Gasteiger partial charge in [0.25, 0.3) is 0 Å². The van der Waals surface area contributed by atoms with Crippen LogP contribution in [0.2, 0.25) is 0 Å². The van der Waals surface area contributed by atoms with E-state index in [2.05, 4.69) is 33.4 Å². The number of nitrogens with zero attached hydrogens (tertiary/aromatic N) is 6. The van der Waals surface area contributed by atoms with Gasteiger partial charge >= 0.3 is 0 Å². The van der Waals surface area contributed by atoms with Crippen LogP contribution in [0.5, 0.6) is 0 Å². The molecule has 4 rings (SSSR count). The van der Waals surface area contributed by atoms with Crippen LogP contribution in [0.4, 0.5) is 0 Å². The van der Waals surface area contributed by atoms with Gasteiger partial charge < -0.3 is 19.4 Å². The number of fused-ring (bicyclic) bond motifs is 1. The molecule has 9 heteroatoms. The quantitative estimate of drug-likeness (QED) is 0.325. The van der Waals surface area contributed by atoms with Crippen molar-refractivity contribution in [2.45, 2.75) is 19.4 Å². The number of nitrogens with one attached hydrogen (secondary N) is 1. The van der Waals surface area contributed by atoms with Gasteiger partial charge in [-0.15, -0.1) is 24.0 Å². The average Bonchev–Trinajstić information content (AvgIpc) is 3.33. The second-order valence-corrected chi connectivity index (χ2v) is 6.94. The Morgan fingerprint density at radius 3 is 3.00 bits per heavy atom. The fraction of sp³-hybridized carbons (Fsp3) is 0.450. The summed E-state index contributed by atoms with van der Waals surface area (Å²) in [5.41, 5.74) is 3.13. The van der Waals surface area contributed by atoms with Crippen LogP contribution >= 0.6 is 24.0 Å². The molecule has 8 nitrogen and oxygen atoms in total. The number of ether oxygens (including phenoxy) is 1. The minimum absolute atomic E-state index is 0. The third-order valence-electron chi connectivity index (χ3n) is 4.84. The Labute approximate surface area is 188 Å². The summed E-state index contributed by atoms with van der Waals surface area (Å²) < 4.78 is 9.81. The molecule has 1 fully saturated rings. The lowest BCUT2D eigenvalue weighted by Crippen LogP contribution is -2.48. The molecule has 1 aliphatic rings. The first-order valence-corrected chi connectivity index (χ1v) is 9.79. The first kappa shape index (κ1) is 21.6. The van der Waals surface area contributed by atoms with E-state index in [1.807, 2.05) is 52.9 Å². The molecule has 0 aliphatic carbocycles. The number of hydrogen-bond acceptors (Lipinski definition) is 4. The summed E-state index contributed by atoms with van der Waals surface area (Å²) in [6.07, 6.45) is 8.82. The van der Waals surface area contributed by atoms with Gasteiger partial charge in [0, 0.05) is 57.3 Å². The lowest BCUT2D eigenvalue weighted by atomic mass is 10.1. The number of aliphatic imine (C=N–C) groups is 1. The van der Waals surface area contributed by atoms with Gasteiger partial charge in [-0.05, 0) is 19.1 Å². The molecule has 29 heavy (non-hydrogen) atoms. The average molecular weight is 509 g/mol. The number of guanidine groups is 1. The van der Waals surface area contributed by atoms with Gasteiger partial charge in [0.2, 0.25) is 0 Å². The lowest BCUT2D eigenvalue weighted by molar-refractivity contribution is -0.00803. The van der Waals surface area contributed by atoms with Crippen LogP contribution in [-0.2, 0) is 18.2 Å². The molecule has 0 amide bonds. The predicted octanol–water partition coefficient (Wildman–Crippen LogP) is 2.27. The van der Waals surface area contributed by atoms with Crippen LogP contribution < -0.4 is 5.32 Å². The number of pyridine rings is 1. The van der Waals surface area contributed by atoms with E-state index >= 15 is 0 Å². The zero-order chi connectivity index (χ0) is 19.3. The predicted molar refractivity (Wildman–Crippen MR) is 124 cm³/mol. The standard InChI is InChI=1S/C20H27N7O.HI/c1-3-21-20(22-8-7-17-14-26-9-5-4-6-19(26)24-17)27-10-11-28-18(15-27)16-12-23-25(2)13-16;/h4-6,9,12-14,18H,3,7-8,10-11,15H2,1-2H3,(H,21,22);1H. The highest BCUT2D eigenvalue weighted by Gasteiger charge is 2.25. The van der Waals surface area contributed by atoms with Crippen molar-refractivity contribution in [1.29, 1.82) is 0 Å². The van der Waals surface area contributed by atoms with Gasteiger partial charge in [-0.3, -0.25) is 9.67 Å². The number of aromatic nitrogens is 4. The Morgan fingerprint density at radius 2 is 2.24 bits per heavy atom. The van der Waals surface area contributed by atoms with E-state index in [0.717, 1.165) is 48.9 Å². The first-order chi connectivity index (χ1) is 13.7. The molecule has 0 spiro atoms. The van der Waals surface area contributed by atoms with Crippen molar-refractivity contribution in [3.63, 3.8) is 0 Å². The minimum Gasteiger partial charge on any atom is -0.370 e. The van der Waals surface area contributed by atoms with Crippen molar-refractivity contribution in [2.75, 3.05) is 32.8 Å². The summed E-state index contributed by atoms with van der Waals surface area (Å²) in [5.74, 6) is 0.934. The van der Waals surface area contributed by atoms with Crippen molar-refractivity contribution >= 4 is 35.6 Å². The number of aryl methyl sites for hydroxylation is 1. The number of rotatable bonds is 5. The van der Waals surface area contributed by atoms with Gasteiger partial charge in [0.15, 0.2) is 5.96 Å². The maximum Gasteiger partial charge on any atom is 0.194 e. The molecule has 4 heterocycles. The van der Waals surface area contributed by atoms with Crippen LogP contribution in [0.1, 0.15) is 24.3 Å².